The lowest BCUT2D eigenvalue weighted by molar-refractivity contribution is -0.461. The van der Waals surface area contributed by atoms with Gasteiger partial charge < -0.3 is 13.9 Å². The zero-order chi connectivity index (χ0) is 51.4. The average molecular weight is 1010 g/mol. The maximum Gasteiger partial charge on any atom is 0.460 e. The second-order valence-corrected chi connectivity index (χ2v) is 20.4. The predicted molar refractivity (Wildman–Crippen MR) is 196 cm³/mol. The molecule has 0 saturated carbocycles. The number of carbonyl (C=O) groups is 2. The third-order valence-electron chi connectivity index (χ3n) is 10.4. The number of carbonyl (C=O) groups excluding carboxylic acids is 2. The molecular weight excluding hydrogens is 969 g/mol. The highest BCUT2D eigenvalue weighted by Crippen LogP contribution is 2.64. The molecule has 0 radical (unpaired) electrons. The van der Waals surface area contributed by atoms with Crippen LogP contribution in [0.3, 0.4) is 0 Å². The van der Waals surface area contributed by atoms with E-state index in [9.17, 15) is 93.0 Å². The average Bonchev–Trinajstić information content (AvgIpc) is 3.19. The summed E-state index contributed by atoms with van der Waals surface area (Å²) in [5.74, 6) is -61.0. The van der Waals surface area contributed by atoms with E-state index >= 15 is 0 Å². The van der Waals surface area contributed by atoms with Gasteiger partial charge in [0.2, 0.25) is 0 Å². The number of alkyl halides is 17. The normalized spacial score (nSPS) is 15.2. The number of benzene rings is 2. The van der Waals surface area contributed by atoms with Crippen molar-refractivity contribution in [1.82, 2.24) is 5.48 Å². The summed E-state index contributed by atoms with van der Waals surface area (Å²) in [7, 11) is -4.07. The fourth-order valence-electron chi connectivity index (χ4n) is 6.47. The standard InChI is InChI=1S/C38H41F19N2O6Si/c1-19(2)66(20(3)4,16-13-31(41,42)32(43,44)33(45,46)34(47,48)35(49,50)36(51,52)37(53,54)38(55,56)57)64-15-14-63-25-10-7-23(8-11-25)28(21(5)17-22(6)29(60)59-62)65-30(61)58-27-12-9-24(39)18-26(27)40/h7-12,17-21,28,62H,13-16H2,1-6H3,(H,58,61)(H,59,60)/b22-17+/t21-,28-/m0/s1. The van der Waals surface area contributed by atoms with Gasteiger partial charge in [0.15, 0.2) is 8.32 Å². The van der Waals surface area contributed by atoms with Gasteiger partial charge in [-0.25, -0.2) is 19.1 Å². The van der Waals surface area contributed by atoms with Crippen LogP contribution in [-0.4, -0.2) is 86.4 Å². The van der Waals surface area contributed by atoms with Crippen molar-refractivity contribution in [1.29, 1.82) is 0 Å². The van der Waals surface area contributed by atoms with Gasteiger partial charge in [-0.15, -0.1) is 0 Å². The van der Waals surface area contributed by atoms with Gasteiger partial charge in [0.05, 0.1) is 12.3 Å². The molecule has 2 amide bonds. The lowest BCUT2D eigenvalue weighted by Gasteiger charge is -2.44. The fourth-order valence-corrected chi connectivity index (χ4v) is 10.9. The molecule has 66 heavy (non-hydrogen) atoms. The van der Waals surface area contributed by atoms with Gasteiger partial charge >= 0.3 is 53.7 Å². The highest BCUT2D eigenvalue weighted by atomic mass is 28.4. The molecule has 2 rings (SSSR count). The van der Waals surface area contributed by atoms with Crippen molar-refractivity contribution in [2.45, 2.75) is 119 Å². The van der Waals surface area contributed by atoms with Crippen LogP contribution >= 0.6 is 0 Å². The molecule has 0 fully saturated rings. The molecule has 0 aliphatic heterocycles. The van der Waals surface area contributed by atoms with Crippen LogP contribution in [-0.2, 0) is 14.0 Å². The van der Waals surface area contributed by atoms with Crippen LogP contribution in [0.25, 0.3) is 0 Å². The number of nitrogens with one attached hydrogen (secondary N) is 2. The molecule has 0 saturated heterocycles. The summed E-state index contributed by atoms with van der Waals surface area (Å²) in [4.78, 5) is 24.7. The zero-order valence-electron chi connectivity index (χ0n) is 34.9. The van der Waals surface area contributed by atoms with Crippen LogP contribution in [0.5, 0.6) is 5.75 Å². The third-order valence-corrected chi connectivity index (χ3v) is 16.0. The minimum atomic E-state index is -8.73. The molecule has 0 aromatic heterocycles. The van der Waals surface area contributed by atoms with E-state index in [2.05, 4.69) is 5.32 Å². The molecule has 8 nitrogen and oxygen atoms in total. The molecule has 28 heteroatoms. The first-order valence-electron chi connectivity index (χ1n) is 18.9. The van der Waals surface area contributed by atoms with E-state index < -0.39 is 134 Å². The Morgan fingerprint density at radius 2 is 1.18 bits per heavy atom. The second kappa shape index (κ2) is 20.4. The maximum absolute atomic E-state index is 15.0. The van der Waals surface area contributed by atoms with Crippen LogP contribution in [0, 0.1) is 17.6 Å². The van der Waals surface area contributed by atoms with Gasteiger partial charge in [-0.1, -0.05) is 52.8 Å². The molecule has 3 N–H and O–H groups in total. The van der Waals surface area contributed by atoms with Gasteiger partial charge in [0.1, 0.15) is 30.1 Å². The van der Waals surface area contributed by atoms with Gasteiger partial charge in [-0.2, -0.15) is 74.6 Å². The Bertz CT molecular complexity index is 2010. The van der Waals surface area contributed by atoms with Crippen molar-refractivity contribution in [3.05, 3.63) is 71.3 Å². The molecule has 0 unspecified atom stereocenters. The van der Waals surface area contributed by atoms with Crippen molar-refractivity contribution < 1.29 is 112 Å². The number of rotatable bonds is 22. The molecule has 2 aromatic rings. The number of amides is 2. The van der Waals surface area contributed by atoms with E-state index in [-0.39, 0.29) is 16.9 Å². The molecule has 0 spiro atoms. The van der Waals surface area contributed by atoms with E-state index in [1.54, 1.807) is 0 Å². The summed E-state index contributed by atoms with van der Waals surface area (Å²) in [5, 5.41) is 11.0. The Morgan fingerprint density at radius 1 is 0.697 bits per heavy atom. The summed E-state index contributed by atoms with van der Waals surface area (Å²) in [6.45, 7) is 6.76. The van der Waals surface area contributed by atoms with Gasteiger partial charge in [0, 0.05) is 24.0 Å². The molecular formula is C38H41F19N2O6Si. The van der Waals surface area contributed by atoms with Crippen LogP contribution in [0.2, 0.25) is 17.1 Å². The first-order valence-corrected chi connectivity index (χ1v) is 21.1. The van der Waals surface area contributed by atoms with Crippen molar-refractivity contribution in [2.24, 2.45) is 5.92 Å². The molecule has 2 atom stereocenters. The Kier molecular flexibility index (Phi) is 17.8. The van der Waals surface area contributed by atoms with Crippen LogP contribution in [0.4, 0.5) is 93.9 Å². The van der Waals surface area contributed by atoms with Gasteiger partial charge in [-0.05, 0) is 53.9 Å². The van der Waals surface area contributed by atoms with E-state index in [1.165, 1.54) is 77.4 Å². The van der Waals surface area contributed by atoms with Crippen LogP contribution < -0.4 is 15.5 Å². The minimum Gasteiger partial charge on any atom is -0.491 e. The van der Waals surface area contributed by atoms with Crippen molar-refractivity contribution >= 4 is 26.0 Å². The van der Waals surface area contributed by atoms with E-state index in [0.29, 0.717) is 6.07 Å². The summed E-state index contributed by atoms with van der Waals surface area (Å²) >= 11 is 0. The van der Waals surface area contributed by atoms with Crippen molar-refractivity contribution in [2.75, 3.05) is 18.5 Å². The number of hydrogen-bond acceptors (Lipinski definition) is 6. The quantitative estimate of drug-likeness (QED) is 0.0271. The Hall–Kier alpha value is -4.47. The third kappa shape index (κ3) is 11.3. The molecule has 376 valence electrons. The zero-order valence-corrected chi connectivity index (χ0v) is 35.9. The minimum absolute atomic E-state index is 0.00374. The van der Waals surface area contributed by atoms with Gasteiger partial charge in [-0.3, -0.25) is 15.3 Å². The Balaban J connectivity index is 2.33. The topological polar surface area (TPSA) is 106 Å². The fraction of sp³-hybridized carbons (Fsp3) is 0.579. The highest BCUT2D eigenvalue weighted by Gasteiger charge is 2.95. The van der Waals surface area contributed by atoms with Crippen molar-refractivity contribution in [3.63, 3.8) is 0 Å². The number of anilines is 1. The molecule has 0 aliphatic rings. The molecule has 0 heterocycles. The number of halogens is 19. The summed E-state index contributed by atoms with van der Waals surface area (Å²) in [6.07, 6.45) is -11.7. The summed E-state index contributed by atoms with van der Waals surface area (Å²) in [5.41, 5.74) is -0.800. The highest BCUT2D eigenvalue weighted by molar-refractivity contribution is 6.76. The molecule has 0 aliphatic carbocycles. The van der Waals surface area contributed by atoms with E-state index in [4.69, 9.17) is 19.1 Å². The monoisotopic (exact) mass is 1010 g/mol. The van der Waals surface area contributed by atoms with Gasteiger partial charge in [0.25, 0.3) is 5.91 Å². The SMILES string of the molecule is C/C(=C\[C@H](C)[C@H](OC(=O)Nc1ccc(F)cc1F)c1ccc(OCCO[Si](CCC(F)(F)C(F)(F)C(F)(F)C(F)(F)C(F)(F)C(F)(F)C(F)(F)C(F)(F)F)(C(C)C)C(C)C)cc1)C(=O)NO. The van der Waals surface area contributed by atoms with E-state index in [0.717, 1.165) is 12.1 Å². The van der Waals surface area contributed by atoms with Crippen LogP contribution in [0.15, 0.2) is 54.1 Å². The second-order valence-electron chi connectivity index (χ2n) is 15.4. The number of hydrogen-bond donors (Lipinski definition) is 3. The Labute approximate surface area is 363 Å². The lowest BCUT2D eigenvalue weighted by Crippen LogP contribution is -2.74. The number of hydroxylamine groups is 1. The van der Waals surface area contributed by atoms with E-state index in [1.807, 2.05) is 0 Å². The predicted octanol–water partition coefficient (Wildman–Crippen LogP) is 12.9. The largest absolute Gasteiger partial charge is 0.491 e. The maximum atomic E-state index is 15.0. The van der Waals surface area contributed by atoms with Crippen LogP contribution in [0.1, 0.15) is 59.6 Å². The van der Waals surface area contributed by atoms with Crippen molar-refractivity contribution in [3.8, 4) is 5.75 Å². The smallest absolute Gasteiger partial charge is 0.460 e. The molecule has 0 bridgehead atoms. The first kappa shape index (κ1) is 57.7. The Morgan fingerprint density at radius 3 is 1.64 bits per heavy atom. The first-order chi connectivity index (χ1) is 29.7. The number of ether oxygens (including phenoxy) is 2. The summed E-state index contributed by atoms with van der Waals surface area (Å²) < 4.78 is 280. The lowest BCUT2D eigenvalue weighted by atomic mass is 9.88. The summed E-state index contributed by atoms with van der Waals surface area (Å²) in [6, 6.07) is 6.01. The molecule has 2 aromatic carbocycles.